The molecule has 1 atom stereocenters. The number of aromatic nitrogens is 3. The second-order valence-electron chi connectivity index (χ2n) is 9.78. The Bertz CT molecular complexity index is 1560. The lowest BCUT2D eigenvalue weighted by Gasteiger charge is -2.29. The molecule has 2 heterocycles. The number of fused-ring (bicyclic) bond motifs is 1. The number of allylic oxidation sites excluding steroid dienone is 1. The van der Waals surface area contributed by atoms with Crippen LogP contribution >= 0.6 is 0 Å². The third-order valence-electron chi connectivity index (χ3n) is 6.73. The van der Waals surface area contributed by atoms with E-state index in [1.54, 1.807) is 4.68 Å². The van der Waals surface area contributed by atoms with E-state index in [1.165, 1.54) is 11.9 Å². The maximum absolute atomic E-state index is 13.8. The number of carbonyl (C=O) groups excluding carboxylic acids is 1. The maximum atomic E-state index is 13.8. The SMILES string of the molecule is CCOc1cc([C@@H]2C(C(=O)Nc3ccc(C)cc3C)=C(C)Nc3ncnn32)ccc1OCc1cccc(C)c1. The summed E-state index contributed by atoms with van der Waals surface area (Å²) in [4.78, 5) is 18.1. The summed E-state index contributed by atoms with van der Waals surface area (Å²) in [7, 11) is 0. The van der Waals surface area contributed by atoms with Gasteiger partial charge in [-0.2, -0.15) is 10.1 Å². The zero-order valence-electron chi connectivity index (χ0n) is 22.9. The summed E-state index contributed by atoms with van der Waals surface area (Å²) in [6.07, 6.45) is 1.48. The van der Waals surface area contributed by atoms with Crippen LogP contribution in [0.4, 0.5) is 11.6 Å². The Hall–Kier alpha value is -4.59. The molecule has 1 aromatic heterocycles. The summed E-state index contributed by atoms with van der Waals surface area (Å²) in [5, 5.41) is 10.8. The molecule has 0 saturated heterocycles. The van der Waals surface area contributed by atoms with Gasteiger partial charge in [-0.05, 0) is 69.5 Å². The number of amides is 1. The Morgan fingerprint density at radius 1 is 0.974 bits per heavy atom. The zero-order chi connectivity index (χ0) is 27.5. The van der Waals surface area contributed by atoms with Gasteiger partial charge in [0.15, 0.2) is 11.5 Å². The molecule has 1 aliphatic rings. The van der Waals surface area contributed by atoms with E-state index in [1.807, 2.05) is 76.2 Å². The summed E-state index contributed by atoms with van der Waals surface area (Å²) in [5.74, 6) is 1.60. The maximum Gasteiger partial charge on any atom is 0.255 e. The number of nitrogens with one attached hydrogen (secondary N) is 2. The molecule has 5 rings (SSSR count). The average Bonchev–Trinajstić information content (AvgIpc) is 3.37. The number of anilines is 2. The molecule has 0 saturated carbocycles. The number of hydrogen-bond acceptors (Lipinski definition) is 6. The number of nitrogens with zero attached hydrogens (tertiary/aromatic N) is 3. The van der Waals surface area contributed by atoms with Crippen LogP contribution in [0.25, 0.3) is 0 Å². The van der Waals surface area contributed by atoms with E-state index in [4.69, 9.17) is 9.47 Å². The molecule has 0 spiro atoms. The summed E-state index contributed by atoms with van der Waals surface area (Å²) < 4.78 is 13.9. The molecule has 0 unspecified atom stereocenters. The fourth-order valence-corrected chi connectivity index (χ4v) is 4.88. The first-order chi connectivity index (χ1) is 18.8. The van der Waals surface area contributed by atoms with E-state index in [9.17, 15) is 4.79 Å². The molecule has 0 bridgehead atoms. The smallest absolute Gasteiger partial charge is 0.255 e. The first-order valence-corrected chi connectivity index (χ1v) is 13.0. The van der Waals surface area contributed by atoms with E-state index < -0.39 is 6.04 Å². The van der Waals surface area contributed by atoms with Gasteiger partial charge in [0.05, 0.1) is 12.2 Å². The Morgan fingerprint density at radius 2 is 1.79 bits per heavy atom. The molecule has 0 radical (unpaired) electrons. The van der Waals surface area contributed by atoms with Crippen molar-refractivity contribution in [2.45, 2.75) is 47.3 Å². The van der Waals surface area contributed by atoms with Crippen LogP contribution < -0.4 is 20.1 Å². The molecule has 200 valence electrons. The molecule has 8 nitrogen and oxygen atoms in total. The lowest BCUT2D eigenvalue weighted by atomic mass is 9.94. The zero-order valence-corrected chi connectivity index (χ0v) is 22.9. The van der Waals surface area contributed by atoms with E-state index >= 15 is 0 Å². The van der Waals surface area contributed by atoms with Crippen molar-refractivity contribution in [1.29, 1.82) is 0 Å². The van der Waals surface area contributed by atoms with Gasteiger partial charge in [-0.3, -0.25) is 4.79 Å². The standard InChI is InChI=1S/C31H33N5O3/c1-6-38-27-16-24(11-13-26(27)39-17-23-9-7-8-19(2)15-23)29-28(22(5)34-31-32-18-33-36(29)31)30(37)35-25-12-10-20(3)14-21(25)4/h7-16,18,29H,6,17H2,1-5H3,(H,35,37)(H,32,33,34)/t29-/m1/s1. The topological polar surface area (TPSA) is 90.3 Å². The van der Waals surface area contributed by atoms with E-state index in [-0.39, 0.29) is 5.91 Å². The number of ether oxygens (including phenoxy) is 2. The van der Waals surface area contributed by atoms with Gasteiger partial charge in [0.25, 0.3) is 5.91 Å². The number of hydrogen-bond donors (Lipinski definition) is 2. The van der Waals surface area contributed by atoms with E-state index in [2.05, 4.69) is 39.8 Å². The Morgan fingerprint density at radius 3 is 2.56 bits per heavy atom. The van der Waals surface area contributed by atoms with Crippen LogP contribution in [-0.4, -0.2) is 27.3 Å². The Kier molecular flexibility index (Phi) is 7.36. The fraction of sp³-hybridized carbons (Fsp3) is 0.258. The van der Waals surface area contributed by atoms with Crippen molar-refractivity contribution in [2.24, 2.45) is 0 Å². The van der Waals surface area contributed by atoms with Gasteiger partial charge < -0.3 is 20.1 Å². The molecular formula is C31H33N5O3. The highest BCUT2D eigenvalue weighted by atomic mass is 16.5. The highest BCUT2D eigenvalue weighted by molar-refractivity contribution is 6.06. The van der Waals surface area contributed by atoms with Crippen molar-refractivity contribution in [3.8, 4) is 11.5 Å². The molecule has 0 aliphatic carbocycles. The second-order valence-corrected chi connectivity index (χ2v) is 9.78. The van der Waals surface area contributed by atoms with Crippen molar-refractivity contribution in [2.75, 3.05) is 17.2 Å². The van der Waals surface area contributed by atoms with Crippen LogP contribution in [0.5, 0.6) is 11.5 Å². The molecule has 39 heavy (non-hydrogen) atoms. The van der Waals surface area contributed by atoms with Crippen LogP contribution in [0.2, 0.25) is 0 Å². The summed E-state index contributed by atoms with van der Waals surface area (Å²) >= 11 is 0. The first-order valence-electron chi connectivity index (χ1n) is 13.0. The minimum atomic E-state index is -0.514. The quantitative estimate of drug-likeness (QED) is 0.290. The molecule has 0 fully saturated rings. The van der Waals surface area contributed by atoms with Crippen LogP contribution in [0.1, 0.15) is 47.7 Å². The lowest BCUT2D eigenvalue weighted by Crippen LogP contribution is -2.31. The minimum absolute atomic E-state index is 0.212. The van der Waals surface area contributed by atoms with E-state index in [0.29, 0.717) is 41.9 Å². The first kappa shape index (κ1) is 26.0. The predicted octanol–water partition coefficient (Wildman–Crippen LogP) is 6.11. The molecule has 8 heteroatoms. The van der Waals surface area contributed by atoms with Crippen LogP contribution in [0, 0.1) is 20.8 Å². The van der Waals surface area contributed by atoms with Crippen LogP contribution in [0.3, 0.4) is 0 Å². The number of carbonyl (C=O) groups is 1. The van der Waals surface area contributed by atoms with Crippen molar-refractivity contribution >= 4 is 17.5 Å². The largest absolute Gasteiger partial charge is 0.490 e. The molecule has 3 aromatic carbocycles. The molecular weight excluding hydrogens is 490 g/mol. The normalized spacial score (nSPS) is 14.4. The average molecular weight is 524 g/mol. The summed E-state index contributed by atoms with van der Waals surface area (Å²) in [5.41, 5.74) is 7.25. The number of aryl methyl sites for hydroxylation is 3. The summed E-state index contributed by atoms with van der Waals surface area (Å²) in [6, 6.07) is 19.4. The number of benzene rings is 3. The minimum Gasteiger partial charge on any atom is -0.490 e. The monoisotopic (exact) mass is 523 g/mol. The van der Waals surface area contributed by atoms with Gasteiger partial charge in [0.1, 0.15) is 19.0 Å². The third-order valence-corrected chi connectivity index (χ3v) is 6.73. The van der Waals surface area contributed by atoms with Gasteiger partial charge >= 0.3 is 0 Å². The van der Waals surface area contributed by atoms with Gasteiger partial charge in [-0.25, -0.2) is 4.68 Å². The predicted molar refractivity (Wildman–Crippen MR) is 152 cm³/mol. The Labute approximate surface area is 228 Å². The van der Waals surface area contributed by atoms with Crippen molar-refractivity contribution in [3.63, 3.8) is 0 Å². The molecule has 2 N–H and O–H groups in total. The number of rotatable bonds is 8. The van der Waals surface area contributed by atoms with Gasteiger partial charge in [-0.1, -0.05) is 53.6 Å². The van der Waals surface area contributed by atoms with Crippen LogP contribution in [-0.2, 0) is 11.4 Å². The highest BCUT2D eigenvalue weighted by Crippen LogP contribution is 2.39. The van der Waals surface area contributed by atoms with Gasteiger partial charge in [0, 0.05) is 11.4 Å². The summed E-state index contributed by atoms with van der Waals surface area (Å²) in [6.45, 7) is 10.8. The fourth-order valence-electron chi connectivity index (χ4n) is 4.88. The lowest BCUT2D eigenvalue weighted by molar-refractivity contribution is -0.113. The van der Waals surface area contributed by atoms with Crippen molar-refractivity contribution < 1.29 is 14.3 Å². The van der Waals surface area contributed by atoms with Crippen LogP contribution in [0.15, 0.2) is 78.3 Å². The molecule has 1 aliphatic heterocycles. The third kappa shape index (κ3) is 5.50. The van der Waals surface area contributed by atoms with Gasteiger partial charge in [0.2, 0.25) is 5.95 Å². The van der Waals surface area contributed by atoms with Gasteiger partial charge in [-0.15, -0.1) is 0 Å². The molecule has 1 amide bonds. The highest BCUT2D eigenvalue weighted by Gasteiger charge is 2.34. The van der Waals surface area contributed by atoms with Crippen molar-refractivity contribution in [1.82, 2.24) is 14.8 Å². The second kappa shape index (κ2) is 11.0. The Balaban J connectivity index is 1.49. The molecule has 4 aromatic rings. The van der Waals surface area contributed by atoms with Crippen molar-refractivity contribution in [3.05, 3.63) is 106 Å². The van der Waals surface area contributed by atoms with E-state index in [0.717, 1.165) is 27.9 Å².